The van der Waals surface area contributed by atoms with Crippen LogP contribution in [0.5, 0.6) is 0 Å². The van der Waals surface area contributed by atoms with Crippen molar-refractivity contribution < 1.29 is 14.2 Å². The van der Waals surface area contributed by atoms with Crippen LogP contribution < -0.4 is 0 Å². The molecule has 2 aromatic heterocycles. The molecule has 1 aliphatic rings. The predicted molar refractivity (Wildman–Crippen MR) is 104 cm³/mol. The van der Waals surface area contributed by atoms with Gasteiger partial charge in [-0.05, 0) is 36.4 Å². The molecule has 146 valence electrons. The van der Waals surface area contributed by atoms with Gasteiger partial charge in [-0.3, -0.25) is 15.0 Å². The van der Waals surface area contributed by atoms with Gasteiger partial charge in [0.2, 0.25) is 11.7 Å². The van der Waals surface area contributed by atoms with Crippen LogP contribution in [-0.4, -0.2) is 39.2 Å². The van der Waals surface area contributed by atoms with Crippen molar-refractivity contribution in [1.82, 2.24) is 15.0 Å². The average Bonchev–Trinajstić information content (AvgIpc) is 3.45. The second-order valence-electron chi connectivity index (χ2n) is 6.70. The molecule has 0 N–H and O–H groups in total. The fraction of sp³-hybridized carbons (Fsp3) is 0.368. The third-order valence-electron chi connectivity index (χ3n) is 4.61. The highest BCUT2D eigenvalue weighted by molar-refractivity contribution is 7.09. The monoisotopic (exact) mass is 400 g/mol. The minimum absolute atomic E-state index is 0.0335. The molecule has 0 aliphatic carbocycles. The number of ether oxygens (including phenoxy) is 1. The summed E-state index contributed by atoms with van der Waals surface area (Å²) < 4.78 is 11.2. The summed E-state index contributed by atoms with van der Waals surface area (Å²) in [5.74, 6) is 0.945. The SMILES string of the molecule is O=[N+]([O-])c1ccc(-c2noc(CN(Cc3cccs3)CC3CCCO3)n2)cc1. The maximum absolute atomic E-state index is 10.8. The van der Waals surface area contributed by atoms with E-state index in [1.54, 1.807) is 23.5 Å². The van der Waals surface area contributed by atoms with Crippen LogP contribution in [0.15, 0.2) is 46.3 Å². The van der Waals surface area contributed by atoms with Crippen LogP contribution in [0.2, 0.25) is 0 Å². The number of nitro groups is 1. The Morgan fingerprint density at radius 3 is 2.79 bits per heavy atom. The maximum atomic E-state index is 10.8. The second kappa shape index (κ2) is 8.59. The van der Waals surface area contributed by atoms with Crippen LogP contribution >= 0.6 is 11.3 Å². The molecule has 0 amide bonds. The zero-order valence-corrected chi connectivity index (χ0v) is 16.0. The second-order valence-corrected chi connectivity index (χ2v) is 7.73. The van der Waals surface area contributed by atoms with Crippen molar-refractivity contribution in [3.05, 3.63) is 62.7 Å². The Bertz CT molecular complexity index is 904. The molecule has 9 heteroatoms. The quantitative estimate of drug-likeness (QED) is 0.418. The van der Waals surface area contributed by atoms with E-state index in [2.05, 4.69) is 26.5 Å². The van der Waals surface area contributed by atoms with E-state index in [0.717, 1.165) is 32.5 Å². The van der Waals surface area contributed by atoms with Gasteiger partial charge < -0.3 is 9.26 Å². The van der Waals surface area contributed by atoms with Crippen molar-refractivity contribution in [2.45, 2.75) is 32.0 Å². The first kappa shape index (κ1) is 18.7. The highest BCUT2D eigenvalue weighted by Gasteiger charge is 2.22. The van der Waals surface area contributed by atoms with Crippen molar-refractivity contribution >= 4 is 17.0 Å². The normalized spacial score (nSPS) is 16.7. The van der Waals surface area contributed by atoms with Gasteiger partial charge >= 0.3 is 0 Å². The Kier molecular flexibility index (Phi) is 5.75. The molecule has 8 nitrogen and oxygen atoms in total. The molecular weight excluding hydrogens is 380 g/mol. The van der Waals surface area contributed by atoms with Gasteiger partial charge in [-0.25, -0.2) is 0 Å². The van der Waals surface area contributed by atoms with Gasteiger partial charge in [0.15, 0.2) is 0 Å². The van der Waals surface area contributed by atoms with Gasteiger partial charge in [-0.2, -0.15) is 4.98 Å². The van der Waals surface area contributed by atoms with Gasteiger partial charge in [-0.15, -0.1) is 11.3 Å². The summed E-state index contributed by atoms with van der Waals surface area (Å²) in [6.07, 6.45) is 2.40. The summed E-state index contributed by atoms with van der Waals surface area (Å²) >= 11 is 1.72. The first-order chi connectivity index (χ1) is 13.7. The van der Waals surface area contributed by atoms with Crippen LogP contribution in [0.25, 0.3) is 11.4 Å². The topological polar surface area (TPSA) is 94.5 Å². The van der Waals surface area contributed by atoms with Crippen LogP contribution in [0, 0.1) is 10.1 Å². The highest BCUT2D eigenvalue weighted by Crippen LogP contribution is 2.22. The molecule has 1 atom stereocenters. The predicted octanol–water partition coefficient (Wildman–Crippen LogP) is 3.89. The van der Waals surface area contributed by atoms with Gasteiger partial charge in [0.05, 0.1) is 17.6 Å². The first-order valence-corrected chi connectivity index (χ1v) is 9.99. The number of hydrogen-bond acceptors (Lipinski definition) is 8. The number of benzene rings is 1. The molecule has 1 aromatic carbocycles. The third-order valence-corrected chi connectivity index (χ3v) is 5.47. The van der Waals surface area contributed by atoms with Crippen LogP contribution in [0.1, 0.15) is 23.6 Å². The molecule has 0 radical (unpaired) electrons. The summed E-state index contributed by atoms with van der Waals surface area (Å²) in [7, 11) is 0. The van der Waals surface area contributed by atoms with E-state index < -0.39 is 4.92 Å². The molecule has 3 heterocycles. The Hall–Kier alpha value is -2.62. The molecule has 3 aromatic rings. The first-order valence-electron chi connectivity index (χ1n) is 9.11. The number of nitro benzene ring substituents is 1. The van der Waals surface area contributed by atoms with Crippen LogP contribution in [0.4, 0.5) is 5.69 Å². The summed E-state index contributed by atoms with van der Waals surface area (Å²) in [5.41, 5.74) is 0.718. The lowest BCUT2D eigenvalue weighted by Crippen LogP contribution is -2.31. The summed E-state index contributed by atoms with van der Waals surface area (Å²) in [6, 6.07) is 10.3. The molecule has 1 unspecified atom stereocenters. The minimum Gasteiger partial charge on any atom is -0.377 e. The van der Waals surface area contributed by atoms with Gasteiger partial charge in [-0.1, -0.05) is 11.2 Å². The lowest BCUT2D eigenvalue weighted by molar-refractivity contribution is -0.384. The van der Waals surface area contributed by atoms with E-state index in [1.165, 1.54) is 17.0 Å². The Morgan fingerprint density at radius 2 is 2.11 bits per heavy atom. The molecule has 0 bridgehead atoms. The molecule has 1 saturated heterocycles. The molecule has 0 saturated carbocycles. The number of rotatable bonds is 8. The number of non-ortho nitro benzene ring substituents is 1. The summed E-state index contributed by atoms with van der Waals surface area (Å²) in [6.45, 7) is 2.96. The minimum atomic E-state index is -0.432. The van der Waals surface area contributed by atoms with Crippen molar-refractivity contribution in [1.29, 1.82) is 0 Å². The molecule has 28 heavy (non-hydrogen) atoms. The molecular formula is C19H20N4O4S. The Balaban J connectivity index is 1.46. The third kappa shape index (κ3) is 4.61. The maximum Gasteiger partial charge on any atom is 0.269 e. The van der Waals surface area contributed by atoms with Crippen LogP contribution in [0.3, 0.4) is 0 Å². The summed E-state index contributed by atoms with van der Waals surface area (Å²) in [4.78, 5) is 18.4. The zero-order valence-electron chi connectivity index (χ0n) is 15.2. The Labute approximate surface area is 165 Å². The smallest absolute Gasteiger partial charge is 0.269 e. The van der Waals surface area contributed by atoms with Gasteiger partial charge in [0.25, 0.3) is 5.69 Å². The van der Waals surface area contributed by atoms with Crippen molar-refractivity contribution in [2.75, 3.05) is 13.2 Å². The Morgan fingerprint density at radius 1 is 1.25 bits per heavy atom. The largest absolute Gasteiger partial charge is 0.377 e. The zero-order chi connectivity index (χ0) is 19.3. The van der Waals surface area contributed by atoms with E-state index in [1.807, 2.05) is 6.07 Å². The molecule has 4 rings (SSSR count). The lowest BCUT2D eigenvalue weighted by Gasteiger charge is -2.23. The highest BCUT2D eigenvalue weighted by atomic mass is 32.1. The van der Waals surface area contributed by atoms with Crippen molar-refractivity contribution in [2.24, 2.45) is 0 Å². The fourth-order valence-electron chi connectivity index (χ4n) is 3.24. The van der Waals surface area contributed by atoms with Crippen LogP contribution in [-0.2, 0) is 17.8 Å². The van der Waals surface area contributed by atoms with E-state index in [4.69, 9.17) is 9.26 Å². The van der Waals surface area contributed by atoms with Gasteiger partial charge in [0, 0.05) is 42.3 Å². The summed E-state index contributed by atoms with van der Waals surface area (Å²) in [5, 5.41) is 16.9. The number of aromatic nitrogens is 2. The van der Waals surface area contributed by atoms with E-state index in [0.29, 0.717) is 23.8 Å². The standard InChI is InChI=1S/C19H20N4O4S/c24-23(25)15-7-5-14(6-8-15)19-20-18(27-21-19)13-22(11-16-3-1-9-26-16)12-17-4-2-10-28-17/h2,4-8,10,16H,1,3,9,11-13H2. The molecule has 1 fully saturated rings. The number of thiophene rings is 1. The van der Waals surface area contributed by atoms with E-state index >= 15 is 0 Å². The number of hydrogen-bond donors (Lipinski definition) is 0. The number of nitrogens with zero attached hydrogens (tertiary/aromatic N) is 4. The van der Waals surface area contributed by atoms with Crippen molar-refractivity contribution in [3.8, 4) is 11.4 Å². The molecule has 1 aliphatic heterocycles. The molecule has 0 spiro atoms. The van der Waals surface area contributed by atoms with Crippen molar-refractivity contribution in [3.63, 3.8) is 0 Å². The van der Waals surface area contributed by atoms with Gasteiger partial charge in [0.1, 0.15) is 0 Å². The fourth-order valence-corrected chi connectivity index (χ4v) is 3.99. The average molecular weight is 400 g/mol. The van der Waals surface area contributed by atoms with E-state index in [9.17, 15) is 10.1 Å². The van der Waals surface area contributed by atoms with E-state index in [-0.39, 0.29) is 11.8 Å². The lowest BCUT2D eigenvalue weighted by atomic mass is 10.2.